The predicted molar refractivity (Wildman–Crippen MR) is 87.3 cm³/mol. The van der Waals surface area contributed by atoms with Crippen molar-refractivity contribution in [2.24, 2.45) is 5.73 Å². The molecular formula is C15H20ClNO4S. The van der Waals surface area contributed by atoms with E-state index in [4.69, 9.17) is 26.8 Å². The summed E-state index contributed by atoms with van der Waals surface area (Å²) in [5, 5.41) is 0.487. The number of nitrogens with two attached hydrogens (primary N) is 1. The number of benzene rings is 1. The average Bonchev–Trinajstić information content (AvgIpc) is 2.42. The number of carbonyl (C=O) groups is 2. The Morgan fingerprint density at radius 3 is 2.55 bits per heavy atom. The molecule has 1 rings (SSSR count). The highest BCUT2D eigenvalue weighted by atomic mass is 35.5. The minimum absolute atomic E-state index is 0.263. The Hall–Kier alpha value is -1.24. The summed E-state index contributed by atoms with van der Waals surface area (Å²) in [6, 6.07) is 4.02. The first-order valence-corrected chi connectivity index (χ1v) is 7.99. The first-order valence-electron chi connectivity index (χ1n) is 6.63. The van der Waals surface area contributed by atoms with Gasteiger partial charge in [-0.25, -0.2) is 4.79 Å². The normalized spacial score (nSPS) is 12.6. The van der Waals surface area contributed by atoms with E-state index in [2.05, 4.69) is 0 Å². The van der Waals surface area contributed by atoms with Gasteiger partial charge in [0.15, 0.2) is 0 Å². The number of ether oxygens (including phenoxy) is 2. The van der Waals surface area contributed by atoms with E-state index < -0.39 is 23.6 Å². The van der Waals surface area contributed by atoms with Crippen LogP contribution >= 0.6 is 23.4 Å². The molecule has 0 fully saturated rings. The summed E-state index contributed by atoms with van der Waals surface area (Å²) in [4.78, 5) is 24.2. The van der Waals surface area contributed by atoms with Gasteiger partial charge in [-0.05, 0) is 39.0 Å². The van der Waals surface area contributed by atoms with Crippen molar-refractivity contribution in [1.82, 2.24) is 0 Å². The minimum atomic E-state index is -0.797. The molecule has 5 nitrogen and oxygen atoms in total. The lowest BCUT2D eigenvalue weighted by molar-refractivity contribution is -0.155. The summed E-state index contributed by atoms with van der Waals surface area (Å²) in [6.07, 6.45) is 0. The highest BCUT2D eigenvalue weighted by Crippen LogP contribution is 2.27. The fourth-order valence-corrected chi connectivity index (χ4v) is 2.77. The van der Waals surface area contributed by atoms with Crippen LogP contribution in [-0.4, -0.2) is 36.4 Å². The molecule has 0 saturated heterocycles. The third kappa shape index (κ3) is 5.87. The number of hydrogen-bond acceptors (Lipinski definition) is 6. The van der Waals surface area contributed by atoms with Crippen LogP contribution in [0.25, 0.3) is 0 Å². The number of carbonyl (C=O) groups excluding carboxylic acids is 2. The van der Waals surface area contributed by atoms with Gasteiger partial charge in [-0.3, -0.25) is 4.79 Å². The maximum Gasteiger partial charge on any atom is 0.338 e. The molecule has 0 amide bonds. The van der Waals surface area contributed by atoms with Crippen molar-refractivity contribution in [3.63, 3.8) is 0 Å². The van der Waals surface area contributed by atoms with E-state index in [0.717, 1.165) is 0 Å². The molecule has 0 saturated carbocycles. The summed E-state index contributed by atoms with van der Waals surface area (Å²) in [5.74, 6) is -0.689. The first kappa shape index (κ1) is 18.8. The highest BCUT2D eigenvalue weighted by Gasteiger charge is 2.23. The summed E-state index contributed by atoms with van der Waals surface area (Å²) in [5.41, 5.74) is 5.62. The van der Waals surface area contributed by atoms with E-state index in [9.17, 15) is 9.59 Å². The van der Waals surface area contributed by atoms with Crippen molar-refractivity contribution in [1.29, 1.82) is 0 Å². The fourth-order valence-electron chi connectivity index (χ4n) is 1.52. The van der Waals surface area contributed by atoms with Crippen molar-refractivity contribution in [3.05, 3.63) is 28.8 Å². The molecule has 1 unspecified atom stereocenters. The van der Waals surface area contributed by atoms with E-state index in [1.807, 2.05) is 0 Å². The number of methoxy groups -OCH3 is 1. The van der Waals surface area contributed by atoms with Gasteiger partial charge in [0.05, 0.1) is 12.7 Å². The Balaban J connectivity index is 2.77. The van der Waals surface area contributed by atoms with E-state index in [0.29, 0.717) is 15.5 Å². The van der Waals surface area contributed by atoms with Crippen molar-refractivity contribution < 1.29 is 19.1 Å². The smallest absolute Gasteiger partial charge is 0.338 e. The second-order valence-corrected chi connectivity index (χ2v) is 7.08. The Labute approximate surface area is 139 Å². The Morgan fingerprint density at radius 2 is 2.00 bits per heavy atom. The molecule has 1 aromatic rings. The molecule has 0 spiro atoms. The molecule has 0 aliphatic carbocycles. The van der Waals surface area contributed by atoms with Crippen LogP contribution in [0.1, 0.15) is 31.1 Å². The zero-order chi connectivity index (χ0) is 16.9. The van der Waals surface area contributed by atoms with Gasteiger partial charge in [-0.1, -0.05) is 11.6 Å². The van der Waals surface area contributed by atoms with Crippen LogP contribution in [-0.2, 0) is 14.3 Å². The van der Waals surface area contributed by atoms with Crippen LogP contribution in [0.2, 0.25) is 5.02 Å². The predicted octanol–water partition coefficient (Wildman–Crippen LogP) is 2.89. The van der Waals surface area contributed by atoms with E-state index in [-0.39, 0.29) is 5.75 Å². The average molecular weight is 346 g/mol. The lowest BCUT2D eigenvalue weighted by Gasteiger charge is -2.22. The quantitative estimate of drug-likeness (QED) is 0.653. The first-order chi connectivity index (χ1) is 10.1. The highest BCUT2D eigenvalue weighted by molar-refractivity contribution is 7.99. The van der Waals surface area contributed by atoms with Gasteiger partial charge in [0.25, 0.3) is 0 Å². The number of halogens is 1. The molecule has 22 heavy (non-hydrogen) atoms. The molecule has 0 radical (unpaired) electrons. The second kappa shape index (κ2) is 7.85. The lowest BCUT2D eigenvalue weighted by atomic mass is 10.2. The van der Waals surface area contributed by atoms with Gasteiger partial charge in [-0.2, -0.15) is 0 Å². The maximum absolute atomic E-state index is 11.8. The Kier molecular flexibility index (Phi) is 6.71. The van der Waals surface area contributed by atoms with Crippen molar-refractivity contribution in [3.8, 4) is 0 Å². The van der Waals surface area contributed by atoms with Crippen molar-refractivity contribution in [2.45, 2.75) is 37.3 Å². The van der Waals surface area contributed by atoms with Gasteiger partial charge in [0, 0.05) is 15.7 Å². The SMILES string of the molecule is COC(=O)c1ccc(Cl)cc1SCC(N)C(=O)OC(C)(C)C. The lowest BCUT2D eigenvalue weighted by Crippen LogP contribution is -2.39. The van der Waals surface area contributed by atoms with Crippen LogP contribution in [0.3, 0.4) is 0 Å². The van der Waals surface area contributed by atoms with E-state index in [1.54, 1.807) is 39.0 Å². The molecule has 0 aromatic heterocycles. The van der Waals surface area contributed by atoms with Crippen LogP contribution in [0.15, 0.2) is 23.1 Å². The Morgan fingerprint density at radius 1 is 1.36 bits per heavy atom. The monoisotopic (exact) mass is 345 g/mol. The maximum atomic E-state index is 11.8. The third-order valence-electron chi connectivity index (χ3n) is 2.48. The van der Waals surface area contributed by atoms with Gasteiger partial charge >= 0.3 is 11.9 Å². The fraction of sp³-hybridized carbons (Fsp3) is 0.467. The molecule has 0 bridgehead atoms. The number of hydrogen-bond donors (Lipinski definition) is 1. The van der Waals surface area contributed by atoms with Crippen LogP contribution in [0.4, 0.5) is 0 Å². The Bertz CT molecular complexity index is 557. The largest absolute Gasteiger partial charge is 0.465 e. The van der Waals surface area contributed by atoms with Crippen LogP contribution < -0.4 is 5.73 Å². The van der Waals surface area contributed by atoms with Crippen molar-refractivity contribution in [2.75, 3.05) is 12.9 Å². The molecule has 7 heteroatoms. The van der Waals surface area contributed by atoms with Gasteiger partial charge in [0.2, 0.25) is 0 Å². The molecule has 1 aromatic carbocycles. The second-order valence-electron chi connectivity index (χ2n) is 5.58. The standard InChI is InChI=1S/C15H20ClNO4S/c1-15(2,3)21-14(19)11(17)8-22-12-7-9(16)5-6-10(12)13(18)20-4/h5-7,11H,8,17H2,1-4H3. The number of esters is 2. The molecular weight excluding hydrogens is 326 g/mol. The minimum Gasteiger partial charge on any atom is -0.465 e. The van der Waals surface area contributed by atoms with Gasteiger partial charge in [0.1, 0.15) is 11.6 Å². The molecule has 2 N–H and O–H groups in total. The summed E-state index contributed by atoms with van der Waals surface area (Å²) in [6.45, 7) is 5.32. The third-order valence-corrected chi connectivity index (χ3v) is 3.89. The molecule has 0 aliphatic rings. The number of thioether (sulfide) groups is 1. The van der Waals surface area contributed by atoms with Crippen LogP contribution in [0, 0.1) is 0 Å². The summed E-state index contributed by atoms with van der Waals surface area (Å²) < 4.78 is 9.93. The van der Waals surface area contributed by atoms with Crippen LogP contribution in [0.5, 0.6) is 0 Å². The van der Waals surface area contributed by atoms with Gasteiger partial charge < -0.3 is 15.2 Å². The van der Waals surface area contributed by atoms with Crippen molar-refractivity contribution >= 4 is 35.3 Å². The summed E-state index contributed by atoms with van der Waals surface area (Å²) in [7, 11) is 1.30. The van der Waals surface area contributed by atoms with E-state index >= 15 is 0 Å². The van der Waals surface area contributed by atoms with Gasteiger partial charge in [-0.15, -0.1) is 11.8 Å². The zero-order valence-electron chi connectivity index (χ0n) is 13.0. The van der Waals surface area contributed by atoms with E-state index in [1.165, 1.54) is 18.9 Å². The topological polar surface area (TPSA) is 78.6 Å². The molecule has 0 heterocycles. The number of rotatable bonds is 5. The molecule has 0 aliphatic heterocycles. The summed E-state index contributed by atoms with van der Waals surface area (Å²) >= 11 is 7.20. The molecule has 122 valence electrons. The zero-order valence-corrected chi connectivity index (χ0v) is 14.6. The molecule has 1 atom stereocenters.